The molecular formula is C15H16N2OS. The van der Waals surface area contributed by atoms with Crippen LogP contribution in [0, 0.1) is 13.8 Å². The zero-order valence-electron chi connectivity index (χ0n) is 10.9. The number of hydrogen-bond acceptors (Lipinski definition) is 2. The molecular weight excluding hydrogens is 256 g/mol. The molecule has 98 valence electrons. The maximum atomic E-state index is 12.1. The Kier molecular flexibility index (Phi) is 4.12. The normalized spacial score (nSPS) is 10.1. The van der Waals surface area contributed by atoms with Crippen LogP contribution < -0.4 is 9.62 Å². The Morgan fingerprint density at radius 2 is 1.84 bits per heavy atom. The van der Waals surface area contributed by atoms with Crippen molar-refractivity contribution >= 4 is 30.2 Å². The zero-order valence-corrected chi connectivity index (χ0v) is 11.8. The number of carbonyl (C=O) groups excluding carboxylic acids is 1. The summed E-state index contributed by atoms with van der Waals surface area (Å²) >= 11 is 4.26. The number of urea groups is 1. The van der Waals surface area contributed by atoms with E-state index in [-0.39, 0.29) is 6.03 Å². The van der Waals surface area contributed by atoms with Gasteiger partial charge in [0.05, 0.1) is 5.69 Å². The largest absolute Gasteiger partial charge is 0.336 e. The van der Waals surface area contributed by atoms with Gasteiger partial charge < -0.3 is 5.32 Å². The van der Waals surface area contributed by atoms with Crippen molar-refractivity contribution in [3.8, 4) is 0 Å². The molecule has 1 N–H and O–H groups in total. The van der Waals surface area contributed by atoms with Crippen LogP contribution >= 0.6 is 12.8 Å². The van der Waals surface area contributed by atoms with Gasteiger partial charge in [-0.1, -0.05) is 43.1 Å². The molecule has 2 aromatic rings. The van der Waals surface area contributed by atoms with Crippen molar-refractivity contribution in [1.82, 2.24) is 0 Å². The first-order valence-corrected chi connectivity index (χ1v) is 6.40. The number of amides is 2. The lowest BCUT2D eigenvalue weighted by atomic mass is 10.2. The number of aryl methyl sites for hydroxylation is 2. The van der Waals surface area contributed by atoms with Crippen LogP contribution in [0.5, 0.6) is 0 Å². The minimum absolute atomic E-state index is 0.275. The van der Waals surface area contributed by atoms with Gasteiger partial charge in [-0.2, -0.15) is 0 Å². The standard InChI is InChI=1S/C15H16N2OS/c1-11-6-5-8-13(10-11)16-15(18)17(19)14-9-4-3-7-12(14)2/h3-10,19H,1-2H3,(H,16,18). The second-order valence-electron chi connectivity index (χ2n) is 4.40. The average molecular weight is 272 g/mol. The quantitative estimate of drug-likeness (QED) is 0.789. The molecule has 0 aliphatic rings. The fourth-order valence-corrected chi connectivity index (χ4v) is 2.08. The smallest absolute Gasteiger partial charge is 0.307 e. The van der Waals surface area contributed by atoms with E-state index in [2.05, 4.69) is 18.1 Å². The molecule has 2 amide bonds. The molecule has 0 aliphatic carbocycles. The van der Waals surface area contributed by atoms with Gasteiger partial charge in [-0.3, -0.25) is 0 Å². The lowest BCUT2D eigenvalue weighted by Gasteiger charge is -2.18. The maximum Gasteiger partial charge on any atom is 0.336 e. The van der Waals surface area contributed by atoms with Crippen LogP contribution in [0.1, 0.15) is 11.1 Å². The molecule has 0 atom stereocenters. The molecule has 0 heterocycles. The van der Waals surface area contributed by atoms with Gasteiger partial charge in [0.25, 0.3) is 0 Å². The monoisotopic (exact) mass is 272 g/mol. The summed E-state index contributed by atoms with van der Waals surface area (Å²) in [4.78, 5) is 12.1. The minimum Gasteiger partial charge on any atom is -0.307 e. The van der Waals surface area contributed by atoms with Gasteiger partial charge in [0.1, 0.15) is 0 Å². The Balaban J connectivity index is 2.14. The number of carbonyl (C=O) groups is 1. The van der Waals surface area contributed by atoms with Crippen LogP contribution in [0.2, 0.25) is 0 Å². The predicted octanol–water partition coefficient (Wildman–Crippen LogP) is 4.19. The first kappa shape index (κ1) is 13.5. The van der Waals surface area contributed by atoms with E-state index in [1.165, 1.54) is 4.31 Å². The fraction of sp³-hybridized carbons (Fsp3) is 0.133. The van der Waals surface area contributed by atoms with Crippen LogP contribution in [-0.4, -0.2) is 6.03 Å². The summed E-state index contributed by atoms with van der Waals surface area (Å²) in [5, 5.41) is 2.82. The molecule has 0 radical (unpaired) electrons. The molecule has 0 spiro atoms. The number of thiol groups is 1. The highest BCUT2D eigenvalue weighted by Crippen LogP contribution is 2.22. The highest BCUT2D eigenvalue weighted by molar-refractivity contribution is 7.82. The second-order valence-corrected chi connectivity index (χ2v) is 4.80. The highest BCUT2D eigenvalue weighted by atomic mass is 32.1. The molecule has 3 nitrogen and oxygen atoms in total. The van der Waals surface area contributed by atoms with Gasteiger partial charge in [-0.05, 0) is 43.2 Å². The first-order valence-electron chi connectivity index (χ1n) is 6.00. The summed E-state index contributed by atoms with van der Waals surface area (Å²) < 4.78 is 1.32. The molecule has 0 fully saturated rings. The van der Waals surface area contributed by atoms with Gasteiger partial charge >= 0.3 is 6.03 Å². The third kappa shape index (κ3) is 3.29. The summed E-state index contributed by atoms with van der Waals surface area (Å²) in [5.74, 6) is 0. The van der Waals surface area contributed by atoms with E-state index >= 15 is 0 Å². The van der Waals surface area contributed by atoms with Gasteiger partial charge in [-0.15, -0.1) is 0 Å². The van der Waals surface area contributed by atoms with E-state index < -0.39 is 0 Å². The van der Waals surface area contributed by atoms with Gasteiger partial charge in [0, 0.05) is 5.69 Å². The van der Waals surface area contributed by atoms with Crippen molar-refractivity contribution in [2.75, 3.05) is 9.62 Å². The lowest BCUT2D eigenvalue weighted by Crippen LogP contribution is -2.27. The lowest BCUT2D eigenvalue weighted by molar-refractivity contribution is 0.260. The third-order valence-electron chi connectivity index (χ3n) is 2.81. The third-order valence-corrected chi connectivity index (χ3v) is 3.20. The number of nitrogens with zero attached hydrogens (tertiary/aromatic N) is 1. The average Bonchev–Trinajstić information content (AvgIpc) is 2.38. The Morgan fingerprint density at radius 1 is 1.11 bits per heavy atom. The molecule has 0 bridgehead atoms. The number of para-hydroxylation sites is 1. The molecule has 2 aromatic carbocycles. The van der Waals surface area contributed by atoms with Crippen molar-refractivity contribution in [3.63, 3.8) is 0 Å². The van der Waals surface area contributed by atoms with E-state index in [0.29, 0.717) is 0 Å². The van der Waals surface area contributed by atoms with Gasteiger partial charge in [0.15, 0.2) is 0 Å². The van der Waals surface area contributed by atoms with Crippen molar-refractivity contribution in [1.29, 1.82) is 0 Å². The highest BCUT2D eigenvalue weighted by Gasteiger charge is 2.13. The summed E-state index contributed by atoms with van der Waals surface area (Å²) in [6.07, 6.45) is 0. The van der Waals surface area contributed by atoms with E-state index in [0.717, 1.165) is 22.5 Å². The Hall–Kier alpha value is -1.94. The number of rotatable bonds is 2. The van der Waals surface area contributed by atoms with Crippen LogP contribution in [-0.2, 0) is 0 Å². The second kappa shape index (κ2) is 5.80. The zero-order chi connectivity index (χ0) is 13.8. The van der Waals surface area contributed by atoms with E-state index in [4.69, 9.17) is 0 Å². The Bertz CT molecular complexity index is 598. The molecule has 0 unspecified atom stereocenters. The Labute approximate surface area is 118 Å². The van der Waals surface area contributed by atoms with Crippen molar-refractivity contribution in [2.24, 2.45) is 0 Å². The van der Waals surface area contributed by atoms with Gasteiger partial charge in [-0.25, -0.2) is 9.10 Å². The van der Waals surface area contributed by atoms with E-state index in [1.54, 1.807) is 0 Å². The van der Waals surface area contributed by atoms with Crippen molar-refractivity contribution < 1.29 is 4.79 Å². The van der Waals surface area contributed by atoms with Crippen molar-refractivity contribution in [2.45, 2.75) is 13.8 Å². The van der Waals surface area contributed by atoms with E-state index in [9.17, 15) is 4.79 Å². The van der Waals surface area contributed by atoms with Crippen LogP contribution in [0.25, 0.3) is 0 Å². The van der Waals surface area contributed by atoms with Crippen LogP contribution in [0.4, 0.5) is 16.2 Å². The molecule has 0 aromatic heterocycles. The van der Waals surface area contributed by atoms with Crippen molar-refractivity contribution in [3.05, 3.63) is 59.7 Å². The summed E-state index contributed by atoms with van der Waals surface area (Å²) in [6.45, 7) is 3.92. The molecule has 19 heavy (non-hydrogen) atoms. The maximum absolute atomic E-state index is 12.1. The summed E-state index contributed by atoms with van der Waals surface area (Å²) in [5.41, 5.74) is 3.63. The minimum atomic E-state index is -0.275. The predicted molar refractivity (Wildman–Crippen MR) is 82.8 cm³/mol. The Morgan fingerprint density at radius 3 is 2.53 bits per heavy atom. The van der Waals surface area contributed by atoms with Crippen LogP contribution in [0.15, 0.2) is 48.5 Å². The number of benzene rings is 2. The molecule has 0 saturated heterocycles. The molecule has 2 rings (SSSR count). The summed E-state index contributed by atoms with van der Waals surface area (Å²) in [7, 11) is 0. The molecule has 0 saturated carbocycles. The van der Waals surface area contributed by atoms with Crippen LogP contribution in [0.3, 0.4) is 0 Å². The fourth-order valence-electron chi connectivity index (χ4n) is 1.81. The van der Waals surface area contributed by atoms with Gasteiger partial charge in [0.2, 0.25) is 0 Å². The molecule has 0 aliphatic heterocycles. The topological polar surface area (TPSA) is 32.3 Å². The number of hydrogen-bond donors (Lipinski definition) is 2. The summed E-state index contributed by atoms with van der Waals surface area (Å²) in [6, 6.07) is 15.0. The SMILES string of the molecule is Cc1cccc(NC(=O)N(S)c2ccccc2C)c1. The number of anilines is 2. The number of nitrogens with one attached hydrogen (secondary N) is 1. The first-order chi connectivity index (χ1) is 9.08. The molecule has 4 heteroatoms. The van der Waals surface area contributed by atoms with E-state index in [1.807, 2.05) is 62.4 Å².